The van der Waals surface area contributed by atoms with Gasteiger partial charge in [0.1, 0.15) is 5.54 Å². The smallest absolute Gasteiger partial charge is 0.251 e. The zero-order valence-corrected chi connectivity index (χ0v) is 14.8. The van der Waals surface area contributed by atoms with Gasteiger partial charge in [0.2, 0.25) is 0 Å². The van der Waals surface area contributed by atoms with Gasteiger partial charge in [-0.1, -0.05) is 60.7 Å². The molecule has 3 aromatic carbocycles. The molecular formula is C23H20N2O2. The van der Waals surface area contributed by atoms with Gasteiger partial charge in [-0.05, 0) is 29.8 Å². The third kappa shape index (κ3) is 3.34. The van der Waals surface area contributed by atoms with Crippen molar-refractivity contribution in [1.82, 2.24) is 5.32 Å². The summed E-state index contributed by atoms with van der Waals surface area (Å²) < 4.78 is 0. The monoisotopic (exact) mass is 356 g/mol. The van der Waals surface area contributed by atoms with Crippen LogP contribution >= 0.6 is 0 Å². The lowest BCUT2D eigenvalue weighted by Gasteiger charge is -2.29. The van der Waals surface area contributed by atoms with Gasteiger partial charge in [-0.15, -0.1) is 0 Å². The fourth-order valence-electron chi connectivity index (χ4n) is 3.54. The number of hydrogen-bond acceptors (Lipinski definition) is 3. The van der Waals surface area contributed by atoms with Gasteiger partial charge >= 0.3 is 0 Å². The van der Waals surface area contributed by atoms with Crippen molar-refractivity contribution in [2.45, 2.75) is 12.0 Å². The quantitative estimate of drug-likeness (QED) is 0.733. The lowest BCUT2D eigenvalue weighted by molar-refractivity contribution is 0.0890. The number of hydrogen-bond donors (Lipinski definition) is 2. The van der Waals surface area contributed by atoms with Gasteiger partial charge in [0, 0.05) is 29.8 Å². The summed E-state index contributed by atoms with van der Waals surface area (Å²) in [6.07, 6.45) is 0.496. The second-order valence-corrected chi connectivity index (χ2v) is 6.79. The van der Waals surface area contributed by atoms with Crippen molar-refractivity contribution in [3.05, 3.63) is 102 Å². The minimum atomic E-state index is -0.893. The Bertz CT molecular complexity index is 970. The molecule has 1 amide bonds. The number of amides is 1. The second kappa shape index (κ2) is 7.08. The Labute approximate surface area is 158 Å². The van der Waals surface area contributed by atoms with Gasteiger partial charge in [0.05, 0.1) is 0 Å². The molecule has 134 valence electrons. The highest BCUT2D eigenvalue weighted by atomic mass is 16.2. The first-order chi connectivity index (χ1) is 13.2. The van der Waals surface area contributed by atoms with Crippen LogP contribution in [0.25, 0.3) is 0 Å². The fourth-order valence-corrected chi connectivity index (χ4v) is 3.54. The molecule has 0 spiro atoms. The first-order valence-electron chi connectivity index (χ1n) is 8.97. The molecule has 1 atom stereocenters. The van der Waals surface area contributed by atoms with E-state index in [9.17, 15) is 9.59 Å². The van der Waals surface area contributed by atoms with Crippen molar-refractivity contribution in [3.63, 3.8) is 0 Å². The maximum atomic E-state index is 13.3. The zero-order chi connectivity index (χ0) is 18.7. The molecule has 1 unspecified atom stereocenters. The van der Waals surface area contributed by atoms with Crippen molar-refractivity contribution in [2.75, 3.05) is 11.9 Å². The highest BCUT2D eigenvalue weighted by Gasteiger charge is 2.45. The normalized spacial score (nSPS) is 17.9. The van der Waals surface area contributed by atoms with Crippen molar-refractivity contribution < 1.29 is 9.59 Å². The summed E-state index contributed by atoms with van der Waals surface area (Å²) in [6.45, 7) is 0.211. The van der Waals surface area contributed by atoms with E-state index in [4.69, 9.17) is 0 Å². The van der Waals surface area contributed by atoms with Crippen LogP contribution in [0.15, 0.2) is 84.9 Å². The molecule has 4 rings (SSSR count). The van der Waals surface area contributed by atoms with E-state index in [1.54, 1.807) is 12.1 Å². The van der Waals surface area contributed by atoms with Crippen molar-refractivity contribution in [1.29, 1.82) is 0 Å². The van der Waals surface area contributed by atoms with E-state index < -0.39 is 5.54 Å². The molecule has 0 radical (unpaired) electrons. The molecule has 27 heavy (non-hydrogen) atoms. The molecule has 0 saturated heterocycles. The molecule has 0 bridgehead atoms. The van der Waals surface area contributed by atoms with Crippen LogP contribution in [0, 0.1) is 0 Å². The van der Waals surface area contributed by atoms with Crippen molar-refractivity contribution >= 4 is 17.4 Å². The van der Waals surface area contributed by atoms with Gasteiger partial charge < -0.3 is 10.6 Å². The minimum absolute atomic E-state index is 0.00955. The van der Waals surface area contributed by atoms with Crippen LogP contribution in [0.5, 0.6) is 0 Å². The molecule has 4 heteroatoms. The Morgan fingerprint density at radius 1 is 0.852 bits per heavy atom. The van der Waals surface area contributed by atoms with Gasteiger partial charge in [0.25, 0.3) is 5.91 Å². The Hall–Kier alpha value is -3.40. The molecule has 4 nitrogen and oxygen atoms in total. The third-order valence-electron chi connectivity index (χ3n) is 4.92. The molecule has 0 aromatic heterocycles. The van der Waals surface area contributed by atoms with Crippen LogP contribution in [0.4, 0.5) is 5.69 Å². The van der Waals surface area contributed by atoms with E-state index in [1.807, 2.05) is 72.8 Å². The predicted octanol–water partition coefficient (Wildman–Crippen LogP) is 3.71. The minimum Gasteiger partial charge on any atom is -0.370 e. The summed E-state index contributed by atoms with van der Waals surface area (Å²) in [6, 6.07) is 26.4. The van der Waals surface area contributed by atoms with Gasteiger partial charge in [-0.25, -0.2) is 0 Å². The van der Waals surface area contributed by atoms with Crippen molar-refractivity contribution in [2.24, 2.45) is 0 Å². The molecule has 1 aliphatic rings. The number of benzene rings is 3. The molecule has 0 saturated carbocycles. The number of Topliss-reactive ketones (excluding diaryl/α,β-unsaturated/α-hetero) is 1. The number of ketones is 1. The Morgan fingerprint density at radius 3 is 2.19 bits per heavy atom. The number of para-hydroxylation sites is 1. The van der Waals surface area contributed by atoms with E-state index in [0.29, 0.717) is 17.5 Å². The predicted molar refractivity (Wildman–Crippen MR) is 106 cm³/mol. The van der Waals surface area contributed by atoms with Crippen LogP contribution in [0.1, 0.15) is 26.3 Å². The average Bonchev–Trinajstić information content (AvgIpc) is 3.00. The van der Waals surface area contributed by atoms with E-state index in [0.717, 1.165) is 11.3 Å². The van der Waals surface area contributed by atoms with Crippen LogP contribution in [-0.2, 0) is 6.42 Å². The van der Waals surface area contributed by atoms with Crippen LogP contribution < -0.4 is 10.6 Å². The maximum Gasteiger partial charge on any atom is 0.251 e. The maximum absolute atomic E-state index is 13.3. The average molecular weight is 356 g/mol. The second-order valence-electron chi connectivity index (χ2n) is 6.79. The number of nitrogens with one attached hydrogen (secondary N) is 2. The summed E-state index contributed by atoms with van der Waals surface area (Å²) >= 11 is 0. The van der Waals surface area contributed by atoms with E-state index in [-0.39, 0.29) is 18.2 Å². The summed E-state index contributed by atoms with van der Waals surface area (Å²) in [7, 11) is 0. The highest BCUT2D eigenvalue weighted by Crippen LogP contribution is 2.34. The summed E-state index contributed by atoms with van der Waals surface area (Å²) in [5.74, 6) is -0.177. The number of anilines is 1. The first kappa shape index (κ1) is 17.0. The topological polar surface area (TPSA) is 58.2 Å². The summed E-state index contributed by atoms with van der Waals surface area (Å²) in [4.78, 5) is 25.8. The first-order valence-corrected chi connectivity index (χ1v) is 8.97. The largest absolute Gasteiger partial charge is 0.370 e. The number of rotatable bonds is 5. The Morgan fingerprint density at radius 2 is 1.48 bits per heavy atom. The van der Waals surface area contributed by atoms with Gasteiger partial charge in [0.15, 0.2) is 5.78 Å². The lowest BCUT2D eigenvalue weighted by atomic mass is 9.86. The van der Waals surface area contributed by atoms with Crippen LogP contribution in [0.3, 0.4) is 0 Å². The molecule has 3 aromatic rings. The van der Waals surface area contributed by atoms with E-state index in [2.05, 4.69) is 10.6 Å². The molecule has 1 heterocycles. The standard InChI is InChI=1S/C23H20N2O2/c26-21-19-13-7-8-14-20(19)25-23(21,15-17-9-3-1-4-10-17)16-24-22(27)18-11-5-2-6-12-18/h1-14,25H,15-16H2,(H,24,27). The van der Waals surface area contributed by atoms with Crippen molar-refractivity contribution in [3.8, 4) is 0 Å². The molecular weight excluding hydrogens is 336 g/mol. The molecule has 1 aliphatic heterocycles. The van der Waals surface area contributed by atoms with E-state index in [1.165, 1.54) is 0 Å². The number of fused-ring (bicyclic) bond motifs is 1. The molecule has 0 aliphatic carbocycles. The fraction of sp³-hybridized carbons (Fsp3) is 0.130. The highest BCUT2D eigenvalue weighted by molar-refractivity contribution is 6.14. The van der Waals surface area contributed by atoms with Crippen LogP contribution in [-0.4, -0.2) is 23.8 Å². The van der Waals surface area contributed by atoms with E-state index >= 15 is 0 Å². The number of carbonyl (C=O) groups is 2. The van der Waals surface area contributed by atoms with Crippen LogP contribution in [0.2, 0.25) is 0 Å². The zero-order valence-electron chi connectivity index (χ0n) is 14.8. The number of carbonyl (C=O) groups excluding carboxylic acids is 2. The Balaban J connectivity index is 1.62. The SMILES string of the molecule is O=C(NCC1(Cc2ccccc2)Nc2ccccc2C1=O)c1ccccc1. The summed E-state index contributed by atoms with van der Waals surface area (Å²) in [5, 5.41) is 6.33. The lowest BCUT2D eigenvalue weighted by Crippen LogP contribution is -2.53. The molecule has 0 fully saturated rings. The van der Waals surface area contributed by atoms with Gasteiger partial charge in [-0.3, -0.25) is 9.59 Å². The Kier molecular flexibility index (Phi) is 4.47. The summed E-state index contributed by atoms with van der Waals surface area (Å²) in [5.41, 5.74) is 2.21. The molecule has 2 N–H and O–H groups in total. The third-order valence-corrected chi connectivity index (χ3v) is 4.92. The van der Waals surface area contributed by atoms with Gasteiger partial charge in [-0.2, -0.15) is 0 Å².